The second kappa shape index (κ2) is 7.82. The lowest BCUT2D eigenvalue weighted by molar-refractivity contribution is 0.272. The molecule has 1 fully saturated rings. The van der Waals surface area contributed by atoms with Gasteiger partial charge in [0.1, 0.15) is 11.6 Å². The van der Waals surface area contributed by atoms with Gasteiger partial charge in [0.05, 0.1) is 11.5 Å². The van der Waals surface area contributed by atoms with Gasteiger partial charge < -0.3 is 9.30 Å². The van der Waals surface area contributed by atoms with E-state index in [1.54, 1.807) is 30.7 Å². The zero-order valence-electron chi connectivity index (χ0n) is 16.1. The maximum Gasteiger partial charge on any atom is 0.262 e. The maximum absolute atomic E-state index is 12.8. The van der Waals surface area contributed by atoms with Crippen LogP contribution in [0.15, 0.2) is 40.4 Å². The van der Waals surface area contributed by atoms with Gasteiger partial charge in [0.25, 0.3) is 10.0 Å². The highest BCUT2D eigenvalue weighted by Crippen LogP contribution is 2.23. The molecular formula is C17H24N4O5S2. The first-order valence-corrected chi connectivity index (χ1v) is 11.8. The van der Waals surface area contributed by atoms with Gasteiger partial charge in [0.15, 0.2) is 5.03 Å². The molecule has 0 spiro atoms. The van der Waals surface area contributed by atoms with Gasteiger partial charge in [0.2, 0.25) is 10.0 Å². The number of hydrogen-bond donors (Lipinski definition) is 0. The van der Waals surface area contributed by atoms with Crippen molar-refractivity contribution < 1.29 is 21.6 Å². The highest BCUT2D eigenvalue weighted by Gasteiger charge is 2.34. The number of aryl methyl sites for hydroxylation is 2. The van der Waals surface area contributed by atoms with Crippen molar-refractivity contribution >= 4 is 20.0 Å². The predicted molar refractivity (Wildman–Crippen MR) is 103 cm³/mol. The van der Waals surface area contributed by atoms with Crippen LogP contribution in [-0.4, -0.2) is 67.8 Å². The second-order valence-electron chi connectivity index (χ2n) is 6.45. The van der Waals surface area contributed by atoms with Gasteiger partial charge in [-0.2, -0.15) is 8.61 Å². The van der Waals surface area contributed by atoms with Gasteiger partial charge in [0, 0.05) is 39.4 Å². The van der Waals surface area contributed by atoms with E-state index >= 15 is 0 Å². The number of ether oxygens (including phenoxy) is 1. The number of benzene rings is 1. The molecule has 1 aromatic carbocycles. The Labute approximate surface area is 165 Å². The molecule has 1 saturated heterocycles. The minimum atomic E-state index is -3.75. The average molecular weight is 429 g/mol. The first-order chi connectivity index (χ1) is 13.2. The summed E-state index contributed by atoms with van der Waals surface area (Å²) >= 11 is 0. The van der Waals surface area contributed by atoms with Crippen LogP contribution in [0, 0.1) is 6.92 Å². The molecule has 3 rings (SSSR count). The molecule has 11 heteroatoms. The molecule has 1 aromatic heterocycles. The van der Waals surface area contributed by atoms with Crippen molar-refractivity contribution in [3.05, 3.63) is 36.3 Å². The van der Waals surface area contributed by atoms with E-state index in [1.165, 1.54) is 26.9 Å². The first kappa shape index (κ1) is 20.8. The van der Waals surface area contributed by atoms with Gasteiger partial charge in [-0.05, 0) is 38.1 Å². The lowest BCUT2D eigenvalue weighted by Crippen LogP contribution is -2.50. The quantitative estimate of drug-likeness (QED) is 0.675. The minimum absolute atomic E-state index is 0.0182. The lowest BCUT2D eigenvalue weighted by atomic mass is 10.3. The highest BCUT2D eigenvalue weighted by molar-refractivity contribution is 7.89. The molecule has 1 aliphatic heterocycles. The molecule has 0 atom stereocenters. The fraction of sp³-hybridized carbons (Fsp3) is 0.471. The topological polar surface area (TPSA) is 102 Å². The van der Waals surface area contributed by atoms with Gasteiger partial charge in [-0.25, -0.2) is 21.8 Å². The molecule has 0 saturated carbocycles. The number of aromatic nitrogens is 2. The van der Waals surface area contributed by atoms with Crippen molar-refractivity contribution in [2.45, 2.75) is 23.8 Å². The molecule has 0 bridgehead atoms. The Bertz CT molecular complexity index is 1020. The molecule has 28 heavy (non-hydrogen) atoms. The van der Waals surface area contributed by atoms with Crippen molar-refractivity contribution in [2.24, 2.45) is 7.05 Å². The summed E-state index contributed by atoms with van der Waals surface area (Å²) in [5.41, 5.74) is 0. The summed E-state index contributed by atoms with van der Waals surface area (Å²) in [7, 11) is -5.71. The Morgan fingerprint density at radius 3 is 1.96 bits per heavy atom. The largest absolute Gasteiger partial charge is 0.494 e. The van der Waals surface area contributed by atoms with Crippen LogP contribution < -0.4 is 4.74 Å². The van der Waals surface area contributed by atoms with Crippen LogP contribution >= 0.6 is 0 Å². The summed E-state index contributed by atoms with van der Waals surface area (Å²) in [6.45, 7) is 4.40. The zero-order valence-corrected chi connectivity index (χ0v) is 17.7. The number of rotatable bonds is 6. The van der Waals surface area contributed by atoms with Crippen molar-refractivity contribution in [3.63, 3.8) is 0 Å². The van der Waals surface area contributed by atoms with Gasteiger partial charge in [-0.15, -0.1) is 0 Å². The highest BCUT2D eigenvalue weighted by atomic mass is 32.2. The fourth-order valence-electron chi connectivity index (χ4n) is 2.96. The Morgan fingerprint density at radius 1 is 0.964 bits per heavy atom. The molecule has 0 unspecified atom stereocenters. The Kier molecular flexibility index (Phi) is 5.80. The Hall–Kier alpha value is -1.95. The van der Waals surface area contributed by atoms with E-state index in [9.17, 15) is 16.8 Å². The van der Waals surface area contributed by atoms with Crippen LogP contribution in [0.1, 0.15) is 12.7 Å². The molecular weight excluding hydrogens is 404 g/mol. The number of piperazine rings is 1. The third-order valence-corrected chi connectivity index (χ3v) is 8.34. The number of imidazole rings is 1. The van der Waals surface area contributed by atoms with Crippen molar-refractivity contribution in [1.82, 2.24) is 18.2 Å². The number of hydrogen-bond acceptors (Lipinski definition) is 6. The maximum atomic E-state index is 12.8. The van der Waals surface area contributed by atoms with Gasteiger partial charge >= 0.3 is 0 Å². The summed E-state index contributed by atoms with van der Waals surface area (Å²) in [6.07, 6.45) is 1.47. The smallest absolute Gasteiger partial charge is 0.262 e. The average Bonchev–Trinajstić information content (AvgIpc) is 3.02. The van der Waals surface area contributed by atoms with E-state index in [1.807, 2.05) is 6.92 Å². The van der Waals surface area contributed by atoms with Crippen LogP contribution in [0.3, 0.4) is 0 Å². The normalized spacial score (nSPS) is 17.0. The van der Waals surface area contributed by atoms with Crippen molar-refractivity contribution in [1.29, 1.82) is 0 Å². The number of sulfonamides is 2. The SMILES string of the molecule is CCOc1ccc(S(=O)(=O)N2CCN(S(=O)(=O)c3cn(C)c(C)n3)CC2)cc1. The molecule has 9 nitrogen and oxygen atoms in total. The molecule has 0 N–H and O–H groups in total. The van der Waals surface area contributed by atoms with E-state index in [4.69, 9.17) is 4.74 Å². The molecule has 1 aliphatic rings. The van der Waals surface area contributed by atoms with Crippen LogP contribution in [0.4, 0.5) is 0 Å². The van der Waals surface area contributed by atoms with Crippen LogP contribution in [-0.2, 0) is 27.1 Å². The van der Waals surface area contributed by atoms with Crippen LogP contribution in [0.5, 0.6) is 5.75 Å². The Balaban J connectivity index is 1.72. The van der Waals surface area contributed by atoms with E-state index in [0.29, 0.717) is 18.2 Å². The summed E-state index contributed by atoms with van der Waals surface area (Å²) in [5, 5.41) is -0.0182. The third-order valence-electron chi connectivity index (χ3n) is 4.66. The molecule has 0 radical (unpaired) electrons. The Morgan fingerprint density at radius 2 is 1.50 bits per heavy atom. The minimum Gasteiger partial charge on any atom is -0.494 e. The predicted octanol–water partition coefficient (Wildman–Crippen LogP) is 0.822. The van der Waals surface area contributed by atoms with Crippen molar-refractivity contribution in [2.75, 3.05) is 32.8 Å². The summed E-state index contributed by atoms with van der Waals surface area (Å²) in [4.78, 5) is 4.25. The molecule has 0 aliphatic carbocycles. The molecule has 2 heterocycles. The molecule has 2 aromatic rings. The molecule has 0 amide bonds. The third kappa shape index (κ3) is 3.93. The van der Waals surface area contributed by atoms with E-state index < -0.39 is 20.0 Å². The van der Waals surface area contributed by atoms with Crippen molar-refractivity contribution in [3.8, 4) is 5.75 Å². The fourth-order valence-corrected chi connectivity index (χ4v) is 5.83. The van der Waals surface area contributed by atoms with Crippen LogP contribution in [0.25, 0.3) is 0 Å². The zero-order chi connectivity index (χ0) is 20.5. The summed E-state index contributed by atoms with van der Waals surface area (Å²) in [5.74, 6) is 1.19. The summed E-state index contributed by atoms with van der Waals surface area (Å²) in [6, 6.07) is 6.22. The van der Waals surface area contributed by atoms with E-state index in [2.05, 4.69) is 4.98 Å². The lowest BCUT2D eigenvalue weighted by Gasteiger charge is -2.32. The molecule has 154 valence electrons. The van der Waals surface area contributed by atoms with E-state index in [0.717, 1.165) is 0 Å². The van der Waals surface area contributed by atoms with E-state index in [-0.39, 0.29) is 36.1 Å². The standard InChI is InChI=1S/C17H24N4O5S2/c1-4-26-15-5-7-16(8-6-15)27(22,23)20-9-11-21(12-10-20)28(24,25)17-13-19(3)14(2)18-17/h5-8,13H,4,9-12H2,1-3H3. The van der Waals surface area contributed by atoms with Gasteiger partial charge in [-0.1, -0.05) is 0 Å². The summed E-state index contributed by atoms with van der Waals surface area (Å²) < 4.78 is 60.7. The first-order valence-electron chi connectivity index (χ1n) is 8.89. The van der Waals surface area contributed by atoms with Gasteiger partial charge in [-0.3, -0.25) is 0 Å². The van der Waals surface area contributed by atoms with Crippen LogP contribution in [0.2, 0.25) is 0 Å². The second-order valence-corrected chi connectivity index (χ2v) is 10.3. The number of nitrogens with zero attached hydrogens (tertiary/aromatic N) is 4. The monoisotopic (exact) mass is 428 g/mol.